The first kappa shape index (κ1) is 32.4. The lowest BCUT2D eigenvalue weighted by molar-refractivity contribution is -0.155. The van der Waals surface area contributed by atoms with E-state index in [4.69, 9.17) is 24.1 Å². The van der Waals surface area contributed by atoms with Gasteiger partial charge in [-0.3, -0.25) is 0 Å². The Bertz CT molecular complexity index is 903. The van der Waals surface area contributed by atoms with Crippen molar-refractivity contribution in [2.75, 3.05) is 33.5 Å². The number of fused-ring (bicyclic) bond motifs is 2. The molecule has 3 rings (SSSR count). The summed E-state index contributed by atoms with van der Waals surface area (Å²) in [6.07, 6.45) is 12.6. The Balaban J connectivity index is 1.56. The number of rotatable bonds is 20. The number of benzene rings is 1. The van der Waals surface area contributed by atoms with Crippen molar-refractivity contribution in [2.24, 2.45) is 17.8 Å². The Morgan fingerprint density at radius 2 is 1.77 bits per heavy atom. The molecule has 0 unspecified atom stereocenters. The maximum Gasteiger partial charge on any atom is 0.341 e. The van der Waals surface area contributed by atoms with E-state index in [2.05, 4.69) is 13.0 Å². The molecule has 8 nitrogen and oxygen atoms in total. The van der Waals surface area contributed by atoms with Crippen LogP contribution in [0.25, 0.3) is 0 Å². The van der Waals surface area contributed by atoms with Gasteiger partial charge in [0.2, 0.25) is 0 Å². The zero-order valence-corrected chi connectivity index (χ0v) is 24.5. The van der Waals surface area contributed by atoms with E-state index in [1.165, 1.54) is 37.7 Å². The number of aliphatic carboxylic acids is 1. The SMILES string of the molecule is CCCCCCCCC[C@@H](CC[C@@H]1[C@H]2Cc3cccc(OCC(=O)O)c3C[C@H]2C[C@H]1O)OC(=O)COCCOC. The summed E-state index contributed by atoms with van der Waals surface area (Å²) in [7, 11) is 1.60. The predicted octanol–water partition coefficient (Wildman–Crippen LogP) is 5.36. The minimum atomic E-state index is -0.990. The smallest absolute Gasteiger partial charge is 0.341 e. The van der Waals surface area contributed by atoms with E-state index in [1.807, 2.05) is 12.1 Å². The number of esters is 1. The third-order valence-electron chi connectivity index (χ3n) is 8.60. The molecule has 2 aliphatic carbocycles. The molecule has 0 aromatic heterocycles. The second-order valence-electron chi connectivity index (χ2n) is 11.5. The summed E-state index contributed by atoms with van der Waals surface area (Å²) in [4.78, 5) is 23.5. The normalized spacial score (nSPS) is 22.4. The first-order valence-corrected chi connectivity index (χ1v) is 15.3. The second-order valence-corrected chi connectivity index (χ2v) is 11.5. The molecule has 1 fully saturated rings. The van der Waals surface area contributed by atoms with Crippen molar-refractivity contribution in [1.82, 2.24) is 0 Å². The molecule has 0 heterocycles. The standard InChI is InChI=1S/C32H50O8/c1-3-4-5-6-7-8-9-12-25(40-32(36)22-38-17-16-37-2)14-15-26-27-18-23-11-10-13-30(39-21-31(34)35)28(23)19-24(27)20-29(26)33/h10-11,13,24-27,29,33H,3-9,12,14-22H2,1-2H3,(H,34,35)/t24-,25-,26+,27-,29+/m0/s1. The number of ether oxygens (including phenoxy) is 4. The van der Waals surface area contributed by atoms with Crippen LogP contribution in [-0.4, -0.2) is 67.9 Å². The number of carbonyl (C=O) groups is 2. The Morgan fingerprint density at radius 3 is 2.52 bits per heavy atom. The van der Waals surface area contributed by atoms with Crippen molar-refractivity contribution in [1.29, 1.82) is 0 Å². The number of hydrogen-bond donors (Lipinski definition) is 2. The molecule has 0 spiro atoms. The molecule has 5 atom stereocenters. The Labute approximate surface area is 239 Å². The number of hydrogen-bond acceptors (Lipinski definition) is 7. The van der Waals surface area contributed by atoms with E-state index in [0.29, 0.717) is 30.8 Å². The second kappa shape index (κ2) is 17.6. The van der Waals surface area contributed by atoms with Crippen molar-refractivity contribution >= 4 is 11.9 Å². The quantitative estimate of drug-likeness (QED) is 0.161. The third-order valence-corrected chi connectivity index (χ3v) is 8.60. The van der Waals surface area contributed by atoms with Crippen LogP contribution < -0.4 is 4.74 Å². The van der Waals surface area contributed by atoms with E-state index in [-0.39, 0.29) is 37.3 Å². The number of carboxylic acids is 1. The monoisotopic (exact) mass is 562 g/mol. The minimum Gasteiger partial charge on any atom is -0.482 e. The summed E-state index contributed by atoms with van der Waals surface area (Å²) in [5, 5.41) is 20.1. The number of methoxy groups -OCH3 is 1. The number of unbranched alkanes of at least 4 members (excludes halogenated alkanes) is 6. The fourth-order valence-electron chi connectivity index (χ4n) is 6.57. The van der Waals surface area contributed by atoms with Gasteiger partial charge < -0.3 is 29.2 Å². The van der Waals surface area contributed by atoms with Gasteiger partial charge in [-0.15, -0.1) is 0 Å². The van der Waals surface area contributed by atoms with E-state index in [9.17, 15) is 14.7 Å². The highest BCUT2D eigenvalue weighted by atomic mass is 16.6. The molecular formula is C32H50O8. The van der Waals surface area contributed by atoms with Gasteiger partial charge in [0.1, 0.15) is 18.5 Å². The zero-order valence-electron chi connectivity index (χ0n) is 24.5. The van der Waals surface area contributed by atoms with Crippen molar-refractivity contribution in [3.05, 3.63) is 29.3 Å². The molecule has 1 saturated carbocycles. The molecule has 226 valence electrons. The van der Waals surface area contributed by atoms with Crippen molar-refractivity contribution in [3.63, 3.8) is 0 Å². The summed E-state index contributed by atoms with van der Waals surface area (Å²) in [5.41, 5.74) is 2.26. The lowest BCUT2D eigenvalue weighted by atomic mass is 9.73. The van der Waals surface area contributed by atoms with Crippen LogP contribution >= 0.6 is 0 Å². The molecule has 40 heavy (non-hydrogen) atoms. The summed E-state index contributed by atoms with van der Waals surface area (Å²) < 4.78 is 21.8. The van der Waals surface area contributed by atoms with E-state index in [0.717, 1.165) is 56.9 Å². The van der Waals surface area contributed by atoms with Gasteiger partial charge in [-0.1, -0.05) is 57.6 Å². The molecule has 1 aromatic rings. The number of aliphatic hydroxyl groups is 1. The molecule has 0 radical (unpaired) electrons. The van der Waals surface area contributed by atoms with Crippen LogP contribution in [0.15, 0.2) is 18.2 Å². The largest absolute Gasteiger partial charge is 0.482 e. The Morgan fingerprint density at radius 1 is 1.00 bits per heavy atom. The van der Waals surface area contributed by atoms with Crippen LogP contribution in [-0.2, 0) is 36.6 Å². The number of carboxylic acid groups (broad SMARTS) is 1. The fourth-order valence-corrected chi connectivity index (χ4v) is 6.57. The molecule has 0 bridgehead atoms. The predicted molar refractivity (Wildman–Crippen MR) is 152 cm³/mol. The summed E-state index contributed by atoms with van der Waals surface area (Å²) in [6.45, 7) is 2.59. The molecule has 0 saturated heterocycles. The molecular weight excluding hydrogens is 512 g/mol. The van der Waals surface area contributed by atoms with Gasteiger partial charge in [0, 0.05) is 7.11 Å². The van der Waals surface area contributed by atoms with Crippen LogP contribution in [0.3, 0.4) is 0 Å². The van der Waals surface area contributed by atoms with Gasteiger partial charge >= 0.3 is 11.9 Å². The fraction of sp³-hybridized carbons (Fsp3) is 0.750. The molecule has 0 amide bonds. The van der Waals surface area contributed by atoms with Gasteiger partial charge in [0.15, 0.2) is 6.61 Å². The van der Waals surface area contributed by atoms with Gasteiger partial charge in [0.05, 0.1) is 19.3 Å². The van der Waals surface area contributed by atoms with Crippen LogP contribution in [0, 0.1) is 17.8 Å². The van der Waals surface area contributed by atoms with Crippen molar-refractivity contribution < 1.29 is 38.7 Å². The topological polar surface area (TPSA) is 112 Å². The maximum absolute atomic E-state index is 12.5. The van der Waals surface area contributed by atoms with Gasteiger partial charge in [-0.05, 0) is 79.9 Å². The van der Waals surface area contributed by atoms with Crippen LogP contribution in [0.4, 0.5) is 0 Å². The Kier molecular flexibility index (Phi) is 14.2. The summed E-state index contributed by atoms with van der Waals surface area (Å²) >= 11 is 0. The first-order chi connectivity index (χ1) is 19.4. The molecule has 2 aliphatic rings. The van der Waals surface area contributed by atoms with Gasteiger partial charge in [0.25, 0.3) is 0 Å². The number of aliphatic hydroxyl groups excluding tert-OH is 1. The third kappa shape index (κ3) is 10.3. The van der Waals surface area contributed by atoms with Crippen molar-refractivity contribution in [3.8, 4) is 5.75 Å². The molecule has 0 aliphatic heterocycles. The first-order valence-electron chi connectivity index (χ1n) is 15.3. The van der Waals surface area contributed by atoms with E-state index < -0.39 is 5.97 Å². The van der Waals surface area contributed by atoms with Crippen LogP contribution in [0.1, 0.15) is 88.7 Å². The lowest BCUT2D eigenvalue weighted by Crippen LogP contribution is -2.29. The highest BCUT2D eigenvalue weighted by Gasteiger charge is 2.45. The average molecular weight is 563 g/mol. The van der Waals surface area contributed by atoms with Crippen molar-refractivity contribution in [2.45, 2.75) is 103 Å². The van der Waals surface area contributed by atoms with E-state index >= 15 is 0 Å². The zero-order chi connectivity index (χ0) is 28.7. The van der Waals surface area contributed by atoms with E-state index in [1.54, 1.807) is 7.11 Å². The van der Waals surface area contributed by atoms with Gasteiger partial charge in [-0.25, -0.2) is 9.59 Å². The molecule has 8 heteroatoms. The molecule has 2 N–H and O–H groups in total. The molecule has 1 aromatic carbocycles. The highest BCUT2D eigenvalue weighted by Crippen LogP contribution is 2.48. The summed E-state index contributed by atoms with van der Waals surface area (Å²) in [5.74, 6) is 0.149. The Hall–Kier alpha value is -2.16. The van der Waals surface area contributed by atoms with Crippen LogP contribution in [0.2, 0.25) is 0 Å². The van der Waals surface area contributed by atoms with Gasteiger partial charge in [-0.2, -0.15) is 0 Å². The minimum absolute atomic E-state index is 0.0727. The van der Waals surface area contributed by atoms with Crippen LogP contribution in [0.5, 0.6) is 5.75 Å². The average Bonchev–Trinajstić information content (AvgIpc) is 3.24. The lowest BCUT2D eigenvalue weighted by Gasteiger charge is -2.32. The summed E-state index contributed by atoms with van der Waals surface area (Å²) in [6, 6.07) is 5.85. The highest BCUT2D eigenvalue weighted by molar-refractivity contribution is 5.70. The number of carbonyl (C=O) groups excluding carboxylic acids is 1. The maximum atomic E-state index is 12.5.